The van der Waals surface area contributed by atoms with E-state index in [0.29, 0.717) is 13.1 Å². The summed E-state index contributed by atoms with van der Waals surface area (Å²) in [6, 6.07) is 14.8. The summed E-state index contributed by atoms with van der Waals surface area (Å²) in [6.07, 6.45) is 1.92. The fourth-order valence-corrected chi connectivity index (χ4v) is 5.12. The van der Waals surface area contributed by atoms with E-state index in [0.717, 1.165) is 39.9 Å². The van der Waals surface area contributed by atoms with E-state index in [1.807, 2.05) is 22.4 Å². The lowest BCUT2D eigenvalue weighted by molar-refractivity contribution is 0.0750. The molecule has 4 aromatic rings. The maximum Gasteiger partial charge on any atom is 0.265 e. The van der Waals surface area contributed by atoms with Crippen molar-refractivity contribution in [2.45, 2.75) is 13.8 Å². The van der Waals surface area contributed by atoms with E-state index in [9.17, 15) is 9.18 Å². The number of carbonyl (C=O) groups excluding carboxylic acids is 1. The van der Waals surface area contributed by atoms with E-state index >= 15 is 0 Å². The number of amides is 1. The number of halogens is 1. The number of rotatable bonds is 3. The summed E-state index contributed by atoms with van der Waals surface area (Å²) < 4.78 is 15.2. The van der Waals surface area contributed by atoms with Crippen LogP contribution in [0.4, 0.5) is 10.1 Å². The molecule has 1 aliphatic heterocycles. The van der Waals surface area contributed by atoms with Gasteiger partial charge in [0.15, 0.2) is 4.96 Å². The zero-order valence-corrected chi connectivity index (χ0v) is 18.3. The van der Waals surface area contributed by atoms with Gasteiger partial charge in [0, 0.05) is 49.3 Å². The zero-order chi connectivity index (χ0) is 21.5. The maximum atomic E-state index is 13.2. The molecule has 5 nitrogen and oxygen atoms in total. The van der Waals surface area contributed by atoms with Crippen LogP contribution in [0.5, 0.6) is 0 Å². The fourth-order valence-electron chi connectivity index (χ4n) is 4.04. The topological polar surface area (TPSA) is 40.8 Å². The third-order valence-electron chi connectivity index (χ3n) is 5.82. The third-order valence-corrected chi connectivity index (χ3v) is 6.97. The largest absolute Gasteiger partial charge is 0.368 e. The number of benzene rings is 2. The molecule has 5 rings (SSSR count). The first-order valence-corrected chi connectivity index (χ1v) is 11.2. The molecule has 1 fully saturated rings. The predicted molar refractivity (Wildman–Crippen MR) is 122 cm³/mol. The Balaban J connectivity index is 1.32. The number of aryl methyl sites for hydroxylation is 2. The highest BCUT2D eigenvalue weighted by atomic mass is 32.1. The molecular formula is C24H23FN4OS. The number of fused-ring (bicyclic) bond motifs is 1. The van der Waals surface area contributed by atoms with Gasteiger partial charge in [-0.25, -0.2) is 9.37 Å². The molecular weight excluding hydrogens is 411 g/mol. The predicted octanol–water partition coefficient (Wildman–Crippen LogP) is 4.78. The number of anilines is 1. The first kappa shape index (κ1) is 19.8. The van der Waals surface area contributed by atoms with Crippen molar-refractivity contribution in [2.24, 2.45) is 0 Å². The summed E-state index contributed by atoms with van der Waals surface area (Å²) in [7, 11) is 0. The number of aromatic nitrogens is 2. The minimum atomic E-state index is -0.267. The summed E-state index contributed by atoms with van der Waals surface area (Å²) in [5, 5.41) is 0. The quantitative estimate of drug-likeness (QED) is 0.466. The Morgan fingerprint density at radius 1 is 1.03 bits per heavy atom. The molecule has 0 unspecified atom stereocenters. The van der Waals surface area contributed by atoms with E-state index in [1.165, 1.54) is 34.7 Å². The molecule has 0 aliphatic carbocycles. The number of thiazole rings is 1. The number of carbonyl (C=O) groups is 1. The third kappa shape index (κ3) is 3.70. The maximum absolute atomic E-state index is 13.2. The van der Waals surface area contributed by atoms with Gasteiger partial charge >= 0.3 is 0 Å². The smallest absolute Gasteiger partial charge is 0.265 e. The van der Waals surface area contributed by atoms with Gasteiger partial charge in [-0.15, -0.1) is 0 Å². The molecule has 2 aromatic heterocycles. The molecule has 1 amide bonds. The molecule has 1 saturated heterocycles. The second kappa shape index (κ2) is 7.81. The van der Waals surface area contributed by atoms with Crippen molar-refractivity contribution in [3.63, 3.8) is 0 Å². The SMILES string of the molecule is Cc1cccc(N2CCN(C(=O)c3sc4nc(-c5ccc(F)cc5)cn4c3C)CC2)c1. The molecule has 0 saturated carbocycles. The van der Waals surface area contributed by atoms with E-state index in [-0.39, 0.29) is 11.7 Å². The monoisotopic (exact) mass is 434 g/mol. The lowest BCUT2D eigenvalue weighted by Crippen LogP contribution is -2.48. The van der Waals surface area contributed by atoms with Crippen molar-refractivity contribution in [1.82, 2.24) is 14.3 Å². The number of hydrogen-bond donors (Lipinski definition) is 0. The molecule has 2 aromatic carbocycles. The van der Waals surface area contributed by atoms with E-state index in [4.69, 9.17) is 0 Å². The zero-order valence-electron chi connectivity index (χ0n) is 17.5. The van der Waals surface area contributed by atoms with Crippen molar-refractivity contribution in [3.05, 3.63) is 76.7 Å². The second-order valence-electron chi connectivity index (χ2n) is 7.92. The van der Waals surface area contributed by atoms with Gasteiger partial charge in [0.25, 0.3) is 5.91 Å². The molecule has 0 atom stereocenters. The van der Waals surface area contributed by atoms with E-state index in [1.54, 1.807) is 12.1 Å². The molecule has 0 radical (unpaired) electrons. The summed E-state index contributed by atoms with van der Waals surface area (Å²) in [4.78, 5) is 23.7. The van der Waals surface area contributed by atoms with Crippen LogP contribution in [0.2, 0.25) is 0 Å². The van der Waals surface area contributed by atoms with Crippen LogP contribution >= 0.6 is 11.3 Å². The van der Waals surface area contributed by atoms with E-state index in [2.05, 4.69) is 41.1 Å². The average molecular weight is 435 g/mol. The lowest BCUT2D eigenvalue weighted by atomic mass is 10.2. The summed E-state index contributed by atoms with van der Waals surface area (Å²) in [6.45, 7) is 7.11. The van der Waals surface area contributed by atoms with Gasteiger partial charge in [0.2, 0.25) is 0 Å². The first-order valence-electron chi connectivity index (χ1n) is 10.3. The summed E-state index contributed by atoms with van der Waals surface area (Å²) in [5.74, 6) is -0.198. The van der Waals surface area contributed by atoms with Crippen LogP contribution in [0.1, 0.15) is 20.9 Å². The van der Waals surface area contributed by atoms with Crippen LogP contribution in [-0.2, 0) is 0 Å². The highest BCUT2D eigenvalue weighted by molar-refractivity contribution is 7.19. The van der Waals surface area contributed by atoms with Crippen LogP contribution in [0.25, 0.3) is 16.2 Å². The first-order chi connectivity index (χ1) is 15.0. The van der Waals surface area contributed by atoms with Crippen molar-refractivity contribution in [2.75, 3.05) is 31.1 Å². The molecule has 158 valence electrons. The molecule has 0 spiro atoms. The van der Waals surface area contributed by atoms with Gasteiger partial charge in [-0.05, 0) is 55.8 Å². The van der Waals surface area contributed by atoms with Crippen LogP contribution in [0, 0.1) is 19.7 Å². The van der Waals surface area contributed by atoms with Crippen molar-refractivity contribution in [1.29, 1.82) is 0 Å². The number of nitrogens with zero attached hydrogens (tertiary/aromatic N) is 4. The number of piperazine rings is 1. The highest BCUT2D eigenvalue weighted by Gasteiger charge is 2.26. The van der Waals surface area contributed by atoms with Crippen LogP contribution in [0.15, 0.2) is 54.7 Å². The highest BCUT2D eigenvalue weighted by Crippen LogP contribution is 2.29. The molecule has 7 heteroatoms. The Bertz CT molecular complexity index is 1250. The van der Waals surface area contributed by atoms with Crippen LogP contribution in [-0.4, -0.2) is 46.4 Å². The summed E-state index contributed by atoms with van der Waals surface area (Å²) in [5.41, 5.74) is 4.99. The van der Waals surface area contributed by atoms with Crippen LogP contribution < -0.4 is 4.90 Å². The van der Waals surface area contributed by atoms with Crippen molar-refractivity contribution < 1.29 is 9.18 Å². The standard InChI is InChI=1S/C24H23FN4OS/c1-16-4-3-5-20(14-16)27-10-12-28(13-11-27)23(30)22-17(2)29-15-21(26-24(29)31-22)18-6-8-19(25)9-7-18/h3-9,14-15H,10-13H2,1-2H3. The number of hydrogen-bond acceptors (Lipinski definition) is 4. The van der Waals surface area contributed by atoms with Crippen molar-refractivity contribution >= 4 is 27.9 Å². The van der Waals surface area contributed by atoms with Gasteiger partial charge in [0.05, 0.1) is 5.69 Å². The van der Waals surface area contributed by atoms with Crippen LogP contribution in [0.3, 0.4) is 0 Å². The number of imidazole rings is 1. The van der Waals surface area contributed by atoms with Crippen molar-refractivity contribution in [3.8, 4) is 11.3 Å². The van der Waals surface area contributed by atoms with Gasteiger partial charge < -0.3 is 9.80 Å². The summed E-state index contributed by atoms with van der Waals surface area (Å²) >= 11 is 1.42. The Kier molecular flexibility index (Phi) is 4.98. The van der Waals surface area contributed by atoms with Gasteiger partial charge in [-0.3, -0.25) is 9.20 Å². The minimum Gasteiger partial charge on any atom is -0.368 e. The lowest BCUT2D eigenvalue weighted by Gasteiger charge is -2.36. The Morgan fingerprint density at radius 3 is 2.45 bits per heavy atom. The van der Waals surface area contributed by atoms with Gasteiger partial charge in [-0.1, -0.05) is 23.5 Å². The van der Waals surface area contributed by atoms with E-state index < -0.39 is 0 Å². The molecule has 1 aliphatic rings. The fraction of sp³-hybridized carbons (Fsp3) is 0.250. The second-order valence-corrected chi connectivity index (χ2v) is 8.90. The van der Waals surface area contributed by atoms with Gasteiger partial charge in [0.1, 0.15) is 10.7 Å². The molecule has 0 bridgehead atoms. The Morgan fingerprint density at radius 2 is 1.77 bits per heavy atom. The molecule has 0 N–H and O–H groups in total. The normalized spacial score (nSPS) is 14.4. The Labute approximate surface area is 184 Å². The minimum absolute atomic E-state index is 0.0697. The Hall–Kier alpha value is -3.19. The molecule has 31 heavy (non-hydrogen) atoms. The average Bonchev–Trinajstić information content (AvgIpc) is 3.33. The molecule has 3 heterocycles. The van der Waals surface area contributed by atoms with Gasteiger partial charge in [-0.2, -0.15) is 0 Å².